The number of carbonyl (C=O) groups is 2. The number of aromatic carboxylic acids is 1. The van der Waals surface area contributed by atoms with Gasteiger partial charge in [-0.2, -0.15) is 0 Å². The van der Waals surface area contributed by atoms with Crippen molar-refractivity contribution in [1.82, 2.24) is 5.32 Å². The van der Waals surface area contributed by atoms with Crippen LogP contribution in [0.4, 0.5) is 4.79 Å². The average molecular weight is 297 g/mol. The summed E-state index contributed by atoms with van der Waals surface area (Å²) in [6, 6.07) is 1.75. The standard InChI is InChI=1S/C14H19NO4S/c1-7-8(6-11(20-7)12(16)17)9-5-10(9)15-13(18)19-14(2,3)4/h6,9-10H,5H2,1-4H3,(H,15,18)(H,16,17). The van der Waals surface area contributed by atoms with E-state index in [0.717, 1.165) is 16.9 Å². The predicted octanol–water partition coefficient (Wildman–Crippen LogP) is 3.14. The second kappa shape index (κ2) is 5.09. The number of hydrogen-bond acceptors (Lipinski definition) is 4. The minimum absolute atomic E-state index is 0.0415. The first-order chi connectivity index (χ1) is 9.17. The Morgan fingerprint density at radius 3 is 2.60 bits per heavy atom. The number of alkyl carbamates (subject to hydrolysis) is 1. The summed E-state index contributed by atoms with van der Waals surface area (Å²) in [6.07, 6.45) is 0.409. The number of hydrogen-bond donors (Lipinski definition) is 2. The first-order valence-electron chi connectivity index (χ1n) is 6.50. The van der Waals surface area contributed by atoms with E-state index in [4.69, 9.17) is 9.84 Å². The van der Waals surface area contributed by atoms with Crippen molar-refractivity contribution in [2.24, 2.45) is 0 Å². The van der Waals surface area contributed by atoms with Crippen molar-refractivity contribution in [3.05, 3.63) is 21.4 Å². The number of thiophene rings is 1. The molecule has 110 valence electrons. The van der Waals surface area contributed by atoms with Crippen molar-refractivity contribution in [3.8, 4) is 0 Å². The van der Waals surface area contributed by atoms with Crippen molar-refractivity contribution in [1.29, 1.82) is 0 Å². The molecule has 0 aromatic carbocycles. The van der Waals surface area contributed by atoms with E-state index in [1.807, 2.05) is 27.7 Å². The van der Waals surface area contributed by atoms with Gasteiger partial charge in [0.25, 0.3) is 0 Å². The number of carboxylic acid groups (broad SMARTS) is 1. The molecule has 2 unspecified atom stereocenters. The molecule has 2 N–H and O–H groups in total. The van der Waals surface area contributed by atoms with Crippen LogP contribution in [0.3, 0.4) is 0 Å². The van der Waals surface area contributed by atoms with E-state index in [9.17, 15) is 9.59 Å². The first-order valence-corrected chi connectivity index (χ1v) is 7.32. The van der Waals surface area contributed by atoms with Gasteiger partial charge in [-0.3, -0.25) is 0 Å². The summed E-state index contributed by atoms with van der Waals surface area (Å²) in [5.41, 5.74) is 0.511. The molecule has 1 aromatic rings. The Labute approximate surface area is 121 Å². The van der Waals surface area contributed by atoms with Gasteiger partial charge in [0.2, 0.25) is 0 Å². The topological polar surface area (TPSA) is 75.6 Å². The molecule has 0 radical (unpaired) electrons. The normalized spacial score (nSPS) is 21.4. The molecule has 1 saturated carbocycles. The molecule has 0 aliphatic heterocycles. The number of nitrogens with one attached hydrogen (secondary N) is 1. The van der Waals surface area contributed by atoms with Gasteiger partial charge in [-0.15, -0.1) is 11.3 Å². The van der Waals surface area contributed by atoms with Crippen molar-refractivity contribution >= 4 is 23.4 Å². The van der Waals surface area contributed by atoms with Crippen LogP contribution in [0.5, 0.6) is 0 Å². The molecule has 5 nitrogen and oxygen atoms in total. The maximum atomic E-state index is 11.7. The van der Waals surface area contributed by atoms with Crippen LogP contribution in [-0.2, 0) is 4.74 Å². The Morgan fingerprint density at radius 2 is 2.10 bits per heavy atom. The molecule has 1 heterocycles. The predicted molar refractivity (Wildman–Crippen MR) is 76.5 cm³/mol. The fourth-order valence-corrected chi connectivity index (χ4v) is 3.06. The third-order valence-corrected chi connectivity index (χ3v) is 4.11. The zero-order valence-electron chi connectivity index (χ0n) is 12.0. The summed E-state index contributed by atoms with van der Waals surface area (Å²) in [4.78, 5) is 24.0. The van der Waals surface area contributed by atoms with Gasteiger partial charge >= 0.3 is 12.1 Å². The summed E-state index contributed by atoms with van der Waals surface area (Å²) in [5.74, 6) is -0.700. The third kappa shape index (κ3) is 3.50. The average Bonchev–Trinajstić information content (AvgIpc) is 2.88. The zero-order valence-corrected chi connectivity index (χ0v) is 12.8. The number of amides is 1. The molecule has 2 rings (SSSR count). The van der Waals surface area contributed by atoms with Gasteiger partial charge < -0.3 is 15.2 Å². The maximum absolute atomic E-state index is 11.7. The van der Waals surface area contributed by atoms with Crippen molar-refractivity contribution in [3.63, 3.8) is 0 Å². The van der Waals surface area contributed by atoms with Crippen LogP contribution in [0.25, 0.3) is 0 Å². The second-order valence-corrected chi connectivity index (χ2v) is 7.28. The number of rotatable bonds is 3. The molecule has 2 atom stereocenters. The molecule has 1 fully saturated rings. The Hall–Kier alpha value is -1.56. The molecule has 0 saturated heterocycles. The summed E-state index contributed by atoms with van der Waals surface area (Å²) in [6.45, 7) is 7.37. The van der Waals surface area contributed by atoms with Crippen molar-refractivity contribution in [2.75, 3.05) is 0 Å². The number of ether oxygens (including phenoxy) is 1. The maximum Gasteiger partial charge on any atom is 0.407 e. The van der Waals surface area contributed by atoms with Gasteiger partial charge in [0, 0.05) is 16.8 Å². The lowest BCUT2D eigenvalue weighted by Gasteiger charge is -2.19. The highest BCUT2D eigenvalue weighted by atomic mass is 32.1. The van der Waals surface area contributed by atoms with Gasteiger partial charge in [0.05, 0.1) is 0 Å². The highest BCUT2D eigenvalue weighted by Crippen LogP contribution is 2.44. The minimum Gasteiger partial charge on any atom is -0.477 e. The molecule has 6 heteroatoms. The highest BCUT2D eigenvalue weighted by molar-refractivity contribution is 7.14. The van der Waals surface area contributed by atoms with Crippen molar-refractivity contribution < 1.29 is 19.4 Å². The van der Waals surface area contributed by atoms with Gasteiger partial charge in [-0.05, 0) is 45.7 Å². The van der Waals surface area contributed by atoms with Gasteiger partial charge in [-0.1, -0.05) is 0 Å². The smallest absolute Gasteiger partial charge is 0.407 e. The van der Waals surface area contributed by atoms with E-state index in [1.54, 1.807) is 6.07 Å². The molecule has 1 aliphatic carbocycles. The Bertz CT molecular complexity index is 544. The minimum atomic E-state index is -0.901. The molecule has 1 aliphatic rings. The van der Waals surface area contributed by atoms with Gasteiger partial charge in [0.1, 0.15) is 10.5 Å². The van der Waals surface area contributed by atoms with Crippen LogP contribution in [0, 0.1) is 6.92 Å². The van der Waals surface area contributed by atoms with E-state index < -0.39 is 17.7 Å². The molecular formula is C14H19NO4S. The lowest BCUT2D eigenvalue weighted by molar-refractivity contribution is 0.0522. The van der Waals surface area contributed by atoms with Crippen molar-refractivity contribution in [2.45, 2.75) is 51.7 Å². The molecule has 0 spiro atoms. The summed E-state index contributed by atoms with van der Waals surface area (Å²) >= 11 is 1.28. The molecule has 1 amide bonds. The number of aryl methyl sites for hydroxylation is 1. The van der Waals surface area contributed by atoms with Gasteiger partial charge in [0.15, 0.2) is 0 Å². The van der Waals surface area contributed by atoms with Crippen LogP contribution in [0.2, 0.25) is 0 Å². The van der Waals surface area contributed by atoms with Gasteiger partial charge in [-0.25, -0.2) is 9.59 Å². The largest absolute Gasteiger partial charge is 0.477 e. The number of carbonyl (C=O) groups excluding carboxylic acids is 1. The lowest BCUT2D eigenvalue weighted by atomic mass is 10.1. The summed E-state index contributed by atoms with van der Waals surface area (Å²) in [5, 5.41) is 11.8. The molecule has 1 aromatic heterocycles. The Balaban J connectivity index is 1.95. The molecular weight excluding hydrogens is 278 g/mol. The SMILES string of the molecule is Cc1sc(C(=O)O)cc1C1CC1NC(=O)OC(C)(C)C. The summed E-state index contributed by atoms with van der Waals surface area (Å²) in [7, 11) is 0. The van der Waals surface area contributed by atoms with E-state index >= 15 is 0 Å². The zero-order chi connectivity index (χ0) is 15.1. The third-order valence-electron chi connectivity index (χ3n) is 3.06. The first kappa shape index (κ1) is 14.8. The van der Waals surface area contributed by atoms with Crippen LogP contribution < -0.4 is 5.32 Å². The molecule has 0 bridgehead atoms. The van der Waals surface area contributed by atoms with Crippen LogP contribution in [0.15, 0.2) is 6.07 Å². The Kier molecular flexibility index (Phi) is 3.77. The van der Waals surface area contributed by atoms with Crippen LogP contribution in [0.1, 0.15) is 53.2 Å². The van der Waals surface area contributed by atoms with E-state index in [1.165, 1.54) is 11.3 Å². The van der Waals surface area contributed by atoms with E-state index in [0.29, 0.717) is 4.88 Å². The quantitative estimate of drug-likeness (QED) is 0.898. The molecule has 20 heavy (non-hydrogen) atoms. The fraction of sp³-hybridized carbons (Fsp3) is 0.571. The monoisotopic (exact) mass is 297 g/mol. The second-order valence-electron chi connectivity index (χ2n) is 6.02. The Morgan fingerprint density at radius 1 is 1.45 bits per heavy atom. The highest BCUT2D eigenvalue weighted by Gasteiger charge is 2.42. The fourth-order valence-electron chi connectivity index (χ4n) is 2.13. The van der Waals surface area contributed by atoms with E-state index in [-0.39, 0.29) is 12.0 Å². The number of carboxylic acids is 1. The lowest BCUT2D eigenvalue weighted by Crippen LogP contribution is -2.34. The summed E-state index contributed by atoms with van der Waals surface area (Å²) < 4.78 is 5.20. The van der Waals surface area contributed by atoms with E-state index in [2.05, 4.69) is 5.32 Å². The van der Waals surface area contributed by atoms with Crippen LogP contribution >= 0.6 is 11.3 Å². The van der Waals surface area contributed by atoms with Crippen LogP contribution in [-0.4, -0.2) is 28.8 Å².